The number of carbonyl (C=O) groups excluding carboxylic acids is 1. The summed E-state index contributed by atoms with van der Waals surface area (Å²) >= 11 is 6.14. The molecule has 1 fully saturated rings. The summed E-state index contributed by atoms with van der Waals surface area (Å²) in [6.07, 6.45) is 4.01. The van der Waals surface area contributed by atoms with E-state index >= 15 is 0 Å². The minimum absolute atomic E-state index is 0.0497. The summed E-state index contributed by atoms with van der Waals surface area (Å²) in [6.45, 7) is 0.340. The van der Waals surface area contributed by atoms with Crippen molar-refractivity contribution >= 4 is 29.0 Å². The third kappa shape index (κ3) is 4.04. The minimum Gasteiger partial charge on any atom is -0.495 e. The minimum atomic E-state index is -0.106. The number of carbonyl (C=O) groups is 1. The molecule has 0 atom stereocenters. The topological polar surface area (TPSA) is 89.0 Å². The predicted octanol–water partition coefficient (Wildman–Crippen LogP) is 3.61. The van der Waals surface area contributed by atoms with Gasteiger partial charge < -0.3 is 10.1 Å². The average molecular weight is 439 g/mol. The molecule has 0 spiro atoms. The molecular formula is C23H23ClN4O3. The number of hydrogen-bond donors (Lipinski definition) is 1. The van der Waals surface area contributed by atoms with Crippen molar-refractivity contribution in [2.75, 3.05) is 7.11 Å². The lowest BCUT2D eigenvalue weighted by Gasteiger charge is -2.28. The standard InChI is InChI=1S/C23H23ClN4O3/c1-31-22-11-16(2-8-19(22)24)13-27-21-10-15(12-25)3-9-20(21)28(23(27)30)18-6-4-17(5-7-18)26-14-29/h2-3,8-11,14,17-18H,4-7,13H2,1H3,(H,26,29)/t17-,18-. The van der Waals surface area contributed by atoms with Gasteiger partial charge >= 0.3 is 5.69 Å². The monoisotopic (exact) mass is 438 g/mol. The highest BCUT2D eigenvalue weighted by molar-refractivity contribution is 6.32. The van der Waals surface area contributed by atoms with Gasteiger partial charge in [-0.15, -0.1) is 0 Å². The van der Waals surface area contributed by atoms with Gasteiger partial charge in [-0.2, -0.15) is 5.26 Å². The average Bonchev–Trinajstić information content (AvgIpc) is 3.06. The lowest BCUT2D eigenvalue weighted by molar-refractivity contribution is -0.110. The zero-order valence-electron chi connectivity index (χ0n) is 17.2. The van der Waals surface area contributed by atoms with Crippen molar-refractivity contribution in [1.29, 1.82) is 5.26 Å². The molecule has 1 N–H and O–H groups in total. The van der Waals surface area contributed by atoms with Crippen molar-refractivity contribution < 1.29 is 9.53 Å². The maximum absolute atomic E-state index is 13.5. The molecule has 3 aromatic rings. The van der Waals surface area contributed by atoms with Gasteiger partial charge in [0.15, 0.2) is 0 Å². The second kappa shape index (κ2) is 8.86. The van der Waals surface area contributed by atoms with Crippen LogP contribution in [0.5, 0.6) is 5.75 Å². The molecule has 1 heterocycles. The summed E-state index contributed by atoms with van der Waals surface area (Å²) in [5.74, 6) is 0.551. The zero-order valence-corrected chi connectivity index (χ0v) is 17.9. The van der Waals surface area contributed by atoms with Crippen molar-refractivity contribution in [3.05, 3.63) is 63.0 Å². The Morgan fingerprint density at radius 1 is 1.19 bits per heavy atom. The van der Waals surface area contributed by atoms with Gasteiger partial charge in [0, 0.05) is 12.1 Å². The van der Waals surface area contributed by atoms with Crippen LogP contribution in [-0.4, -0.2) is 28.7 Å². The van der Waals surface area contributed by atoms with E-state index in [2.05, 4.69) is 11.4 Å². The number of fused-ring (bicyclic) bond motifs is 1. The Morgan fingerprint density at radius 2 is 1.97 bits per heavy atom. The van der Waals surface area contributed by atoms with Crippen molar-refractivity contribution in [2.24, 2.45) is 0 Å². The Hall–Kier alpha value is -3.24. The summed E-state index contributed by atoms with van der Waals surface area (Å²) in [6, 6.07) is 13.2. The fraction of sp³-hybridized carbons (Fsp3) is 0.348. The van der Waals surface area contributed by atoms with Crippen LogP contribution < -0.4 is 15.7 Å². The maximum atomic E-state index is 13.5. The first-order valence-electron chi connectivity index (χ1n) is 10.2. The summed E-state index contributed by atoms with van der Waals surface area (Å²) in [4.78, 5) is 24.3. The van der Waals surface area contributed by atoms with E-state index in [4.69, 9.17) is 16.3 Å². The predicted molar refractivity (Wildman–Crippen MR) is 119 cm³/mol. The summed E-state index contributed by atoms with van der Waals surface area (Å²) in [5.41, 5.74) is 2.82. The zero-order chi connectivity index (χ0) is 22.0. The van der Waals surface area contributed by atoms with Gasteiger partial charge in [0.05, 0.1) is 41.3 Å². The van der Waals surface area contributed by atoms with E-state index < -0.39 is 0 Å². The molecule has 7 nitrogen and oxygen atoms in total. The molecule has 0 saturated heterocycles. The highest BCUT2D eigenvalue weighted by Crippen LogP contribution is 2.31. The number of methoxy groups -OCH3 is 1. The number of nitriles is 1. The van der Waals surface area contributed by atoms with Crippen LogP contribution in [0.2, 0.25) is 5.02 Å². The van der Waals surface area contributed by atoms with Crippen LogP contribution in [0.15, 0.2) is 41.2 Å². The second-order valence-corrected chi connectivity index (χ2v) is 8.22. The number of halogens is 1. The van der Waals surface area contributed by atoms with Crippen LogP contribution in [0.3, 0.4) is 0 Å². The first-order valence-corrected chi connectivity index (χ1v) is 10.6. The largest absolute Gasteiger partial charge is 0.495 e. The van der Waals surface area contributed by atoms with Crippen molar-refractivity contribution in [3.63, 3.8) is 0 Å². The number of ether oxygens (including phenoxy) is 1. The number of imidazole rings is 1. The van der Waals surface area contributed by atoms with Gasteiger partial charge in [0.1, 0.15) is 5.75 Å². The van der Waals surface area contributed by atoms with Crippen molar-refractivity contribution in [1.82, 2.24) is 14.5 Å². The van der Waals surface area contributed by atoms with Crippen LogP contribution >= 0.6 is 11.6 Å². The van der Waals surface area contributed by atoms with E-state index in [1.165, 1.54) is 0 Å². The van der Waals surface area contributed by atoms with Crippen molar-refractivity contribution in [2.45, 2.75) is 44.3 Å². The molecule has 0 unspecified atom stereocenters. The van der Waals surface area contributed by atoms with Gasteiger partial charge in [-0.3, -0.25) is 13.9 Å². The second-order valence-electron chi connectivity index (χ2n) is 7.81. The Labute approximate surface area is 184 Å². The van der Waals surface area contributed by atoms with E-state index in [-0.39, 0.29) is 17.8 Å². The first-order chi connectivity index (χ1) is 15.0. The van der Waals surface area contributed by atoms with E-state index in [9.17, 15) is 14.9 Å². The molecule has 2 aromatic carbocycles. The van der Waals surface area contributed by atoms with Crippen LogP contribution in [0.25, 0.3) is 11.0 Å². The van der Waals surface area contributed by atoms with Gasteiger partial charge in [0.2, 0.25) is 6.41 Å². The van der Waals surface area contributed by atoms with Gasteiger partial charge in [-0.05, 0) is 61.6 Å². The number of rotatable bonds is 6. The van der Waals surface area contributed by atoms with E-state index in [1.54, 1.807) is 29.9 Å². The van der Waals surface area contributed by atoms with Crippen LogP contribution in [0.4, 0.5) is 0 Å². The van der Waals surface area contributed by atoms with E-state index in [0.717, 1.165) is 48.7 Å². The molecule has 1 saturated carbocycles. The van der Waals surface area contributed by atoms with Crippen LogP contribution in [-0.2, 0) is 11.3 Å². The number of aromatic nitrogens is 2. The van der Waals surface area contributed by atoms with Crippen LogP contribution in [0, 0.1) is 11.3 Å². The molecule has 0 radical (unpaired) electrons. The number of hydrogen-bond acceptors (Lipinski definition) is 4. The summed E-state index contributed by atoms with van der Waals surface area (Å²) in [5, 5.41) is 12.7. The molecule has 31 heavy (non-hydrogen) atoms. The number of nitrogens with one attached hydrogen (secondary N) is 1. The molecule has 160 valence electrons. The summed E-state index contributed by atoms with van der Waals surface area (Å²) < 4.78 is 8.86. The molecular weight excluding hydrogens is 416 g/mol. The fourth-order valence-corrected chi connectivity index (χ4v) is 4.63. The summed E-state index contributed by atoms with van der Waals surface area (Å²) in [7, 11) is 1.55. The molecule has 1 aliphatic rings. The molecule has 0 aliphatic heterocycles. The molecule has 1 amide bonds. The first kappa shape index (κ1) is 21.0. The maximum Gasteiger partial charge on any atom is 0.329 e. The molecule has 1 aliphatic carbocycles. The lowest BCUT2D eigenvalue weighted by Crippen LogP contribution is -2.35. The molecule has 1 aromatic heterocycles. The van der Waals surface area contributed by atoms with Crippen molar-refractivity contribution in [3.8, 4) is 11.8 Å². The molecule has 4 rings (SSSR count). The van der Waals surface area contributed by atoms with Gasteiger partial charge in [-0.25, -0.2) is 4.79 Å². The normalized spacial score (nSPS) is 18.5. The Balaban J connectivity index is 1.77. The molecule has 8 heteroatoms. The smallest absolute Gasteiger partial charge is 0.329 e. The third-order valence-corrected chi connectivity index (χ3v) is 6.33. The Morgan fingerprint density at radius 3 is 2.65 bits per heavy atom. The molecule has 0 bridgehead atoms. The van der Waals surface area contributed by atoms with Crippen LogP contribution in [0.1, 0.15) is 42.9 Å². The third-order valence-electron chi connectivity index (χ3n) is 6.01. The quantitative estimate of drug-likeness (QED) is 0.595. The Bertz CT molecular complexity index is 1220. The van der Waals surface area contributed by atoms with E-state index in [0.29, 0.717) is 22.9 Å². The number of nitrogens with zero attached hydrogens (tertiary/aromatic N) is 3. The highest BCUT2D eigenvalue weighted by Gasteiger charge is 2.26. The fourth-order valence-electron chi connectivity index (χ4n) is 4.44. The lowest BCUT2D eigenvalue weighted by atomic mass is 9.91. The number of amides is 1. The number of benzene rings is 2. The SMILES string of the molecule is COc1cc(Cn2c(=O)n([C@H]3CC[C@H](NC=O)CC3)c3ccc(C#N)cc32)ccc1Cl. The van der Waals surface area contributed by atoms with E-state index in [1.807, 2.05) is 22.8 Å². The van der Waals surface area contributed by atoms with Gasteiger partial charge in [-0.1, -0.05) is 17.7 Å². The Kier molecular flexibility index (Phi) is 6.01. The van der Waals surface area contributed by atoms with Gasteiger partial charge in [0.25, 0.3) is 0 Å². The highest BCUT2D eigenvalue weighted by atomic mass is 35.5.